The van der Waals surface area contributed by atoms with Crippen LogP contribution in [0.3, 0.4) is 0 Å². The first-order valence-corrected chi connectivity index (χ1v) is 9.66. The van der Waals surface area contributed by atoms with Crippen LogP contribution in [0.25, 0.3) is 0 Å². The van der Waals surface area contributed by atoms with Gasteiger partial charge in [-0.15, -0.1) is 0 Å². The molecule has 1 aromatic heterocycles. The van der Waals surface area contributed by atoms with Crippen LogP contribution in [0.5, 0.6) is 0 Å². The second kappa shape index (κ2) is 6.49. The Morgan fingerprint density at radius 1 is 1.21 bits per heavy atom. The molecule has 1 aliphatic rings. The fourth-order valence-corrected chi connectivity index (χ4v) is 3.90. The molecule has 1 aromatic carbocycles. The molecule has 1 saturated heterocycles. The van der Waals surface area contributed by atoms with E-state index in [0.29, 0.717) is 5.95 Å². The van der Waals surface area contributed by atoms with Crippen molar-refractivity contribution in [2.75, 3.05) is 11.4 Å². The molecule has 2 N–H and O–H groups in total. The zero-order chi connectivity index (χ0) is 17.2. The van der Waals surface area contributed by atoms with E-state index in [1.165, 1.54) is 18.0 Å². The Morgan fingerprint density at radius 3 is 2.46 bits per heavy atom. The normalized spacial score (nSPS) is 21.2. The smallest absolute Gasteiger partial charge is 0.241 e. The van der Waals surface area contributed by atoms with Crippen molar-refractivity contribution in [2.24, 2.45) is 5.14 Å². The zero-order valence-electron chi connectivity index (χ0n) is 13.7. The molecule has 128 valence electrons. The van der Waals surface area contributed by atoms with E-state index in [2.05, 4.69) is 46.1 Å². The van der Waals surface area contributed by atoms with Gasteiger partial charge in [0.1, 0.15) is 4.90 Å². The van der Waals surface area contributed by atoms with E-state index in [0.717, 1.165) is 32.2 Å². The number of aromatic nitrogens is 2. The average Bonchev–Trinajstić information content (AvgIpc) is 2.99. The Bertz CT molecular complexity index is 793. The molecule has 0 bridgehead atoms. The van der Waals surface area contributed by atoms with Crippen molar-refractivity contribution in [1.29, 1.82) is 0 Å². The summed E-state index contributed by atoms with van der Waals surface area (Å²) < 4.78 is 22.7. The van der Waals surface area contributed by atoms with Crippen LogP contribution < -0.4 is 10.0 Å². The second-order valence-corrected chi connectivity index (χ2v) is 7.82. The Kier molecular flexibility index (Phi) is 4.56. The molecule has 0 amide bonds. The number of nitrogens with two attached hydrogens (primary N) is 1. The minimum atomic E-state index is -3.77. The van der Waals surface area contributed by atoms with Gasteiger partial charge in [0.2, 0.25) is 16.0 Å². The Labute approximate surface area is 142 Å². The van der Waals surface area contributed by atoms with Gasteiger partial charge < -0.3 is 4.90 Å². The van der Waals surface area contributed by atoms with Crippen molar-refractivity contribution in [3.8, 4) is 0 Å². The average molecular weight is 346 g/mol. The molecule has 0 radical (unpaired) electrons. The van der Waals surface area contributed by atoms with E-state index in [9.17, 15) is 8.42 Å². The Hall–Kier alpha value is -1.99. The monoisotopic (exact) mass is 346 g/mol. The van der Waals surface area contributed by atoms with Crippen molar-refractivity contribution in [1.82, 2.24) is 9.97 Å². The van der Waals surface area contributed by atoms with Crippen molar-refractivity contribution in [2.45, 2.75) is 43.0 Å². The maximum absolute atomic E-state index is 11.4. The molecule has 3 rings (SSSR count). The molecule has 6 nitrogen and oxygen atoms in total. The maximum atomic E-state index is 11.4. The molecule has 2 aromatic rings. The van der Waals surface area contributed by atoms with Crippen LogP contribution in [0.1, 0.15) is 31.7 Å². The predicted octanol–water partition coefficient (Wildman–Crippen LogP) is 2.12. The quantitative estimate of drug-likeness (QED) is 0.896. The minimum absolute atomic E-state index is 0.0372. The van der Waals surface area contributed by atoms with Crippen LogP contribution >= 0.6 is 0 Å². The van der Waals surface area contributed by atoms with Crippen LogP contribution in [0.2, 0.25) is 0 Å². The van der Waals surface area contributed by atoms with Crippen molar-refractivity contribution >= 4 is 16.0 Å². The summed E-state index contributed by atoms with van der Waals surface area (Å²) in [6, 6.07) is 10.4. The largest absolute Gasteiger partial charge is 0.335 e. The Balaban J connectivity index is 1.91. The molecule has 1 unspecified atom stereocenters. The number of benzene rings is 1. The minimum Gasteiger partial charge on any atom is -0.335 e. The highest BCUT2D eigenvalue weighted by Gasteiger charge is 2.40. The van der Waals surface area contributed by atoms with Crippen LogP contribution in [-0.2, 0) is 16.4 Å². The Morgan fingerprint density at radius 2 is 1.88 bits per heavy atom. The highest BCUT2D eigenvalue weighted by Crippen LogP contribution is 2.37. The molecule has 0 spiro atoms. The maximum Gasteiger partial charge on any atom is 0.241 e. The molecule has 0 aliphatic carbocycles. The molecule has 7 heteroatoms. The van der Waals surface area contributed by atoms with Crippen LogP contribution in [0.4, 0.5) is 5.95 Å². The summed E-state index contributed by atoms with van der Waals surface area (Å²) in [5, 5.41) is 5.12. The van der Waals surface area contributed by atoms with E-state index >= 15 is 0 Å². The lowest BCUT2D eigenvalue weighted by molar-refractivity contribution is 0.402. The number of nitrogens with zero attached hydrogens (tertiary/aromatic N) is 3. The summed E-state index contributed by atoms with van der Waals surface area (Å²) in [6.07, 6.45) is 6.62. The topological polar surface area (TPSA) is 89.2 Å². The summed E-state index contributed by atoms with van der Waals surface area (Å²) >= 11 is 0. The van der Waals surface area contributed by atoms with E-state index in [4.69, 9.17) is 5.14 Å². The van der Waals surface area contributed by atoms with Crippen molar-refractivity contribution in [3.63, 3.8) is 0 Å². The summed E-state index contributed by atoms with van der Waals surface area (Å²) in [6.45, 7) is 3.05. The van der Waals surface area contributed by atoms with Gasteiger partial charge in [0.15, 0.2) is 0 Å². The van der Waals surface area contributed by atoms with Gasteiger partial charge in [-0.2, -0.15) is 0 Å². The first kappa shape index (κ1) is 16.9. The number of rotatable bonds is 5. The fourth-order valence-electron chi connectivity index (χ4n) is 3.50. The molecule has 1 atom stereocenters. The summed E-state index contributed by atoms with van der Waals surface area (Å²) in [5.41, 5.74) is 1.25. The van der Waals surface area contributed by atoms with Crippen LogP contribution in [0, 0.1) is 0 Å². The lowest BCUT2D eigenvalue weighted by Crippen LogP contribution is -2.46. The molecule has 1 aliphatic heterocycles. The van der Waals surface area contributed by atoms with E-state index in [1.54, 1.807) is 0 Å². The second-order valence-electron chi connectivity index (χ2n) is 6.26. The molecular weight excluding hydrogens is 324 g/mol. The van der Waals surface area contributed by atoms with E-state index < -0.39 is 10.0 Å². The number of hydrogen-bond donors (Lipinski definition) is 1. The van der Waals surface area contributed by atoms with Crippen LogP contribution in [-0.4, -0.2) is 30.5 Å². The first-order chi connectivity index (χ1) is 11.4. The van der Waals surface area contributed by atoms with Gasteiger partial charge in [-0.1, -0.05) is 37.3 Å². The summed E-state index contributed by atoms with van der Waals surface area (Å²) in [4.78, 5) is 10.7. The van der Waals surface area contributed by atoms with Crippen LogP contribution in [0.15, 0.2) is 47.6 Å². The first-order valence-electron chi connectivity index (χ1n) is 8.11. The summed E-state index contributed by atoms with van der Waals surface area (Å²) in [7, 11) is -3.77. The van der Waals surface area contributed by atoms with Gasteiger partial charge in [0.25, 0.3) is 0 Å². The lowest BCUT2D eigenvalue weighted by Gasteiger charge is -2.38. The standard InChI is InChI=1S/C17H22N4O2S/c1-2-17(11-14-7-4-3-5-8-14)9-6-10-21(17)16-19-12-15(13-20-16)24(18,22)23/h3-5,7-8,12-13H,2,6,9-11H2,1H3,(H2,18,22,23). The van der Waals surface area contributed by atoms with E-state index in [-0.39, 0.29) is 10.4 Å². The number of anilines is 1. The summed E-state index contributed by atoms with van der Waals surface area (Å²) in [5.74, 6) is 0.567. The molecule has 0 saturated carbocycles. The van der Waals surface area contributed by atoms with Gasteiger partial charge in [-0.25, -0.2) is 23.5 Å². The third-order valence-corrected chi connectivity index (χ3v) is 5.68. The number of hydrogen-bond acceptors (Lipinski definition) is 5. The van der Waals surface area contributed by atoms with Gasteiger partial charge in [-0.05, 0) is 31.2 Å². The van der Waals surface area contributed by atoms with Gasteiger partial charge in [0, 0.05) is 12.1 Å². The molecular formula is C17H22N4O2S. The van der Waals surface area contributed by atoms with Crippen molar-refractivity contribution in [3.05, 3.63) is 48.3 Å². The van der Waals surface area contributed by atoms with Crippen molar-refractivity contribution < 1.29 is 8.42 Å². The molecule has 2 heterocycles. The third kappa shape index (κ3) is 3.27. The number of primary sulfonamides is 1. The van der Waals surface area contributed by atoms with Gasteiger partial charge in [-0.3, -0.25) is 0 Å². The zero-order valence-corrected chi connectivity index (χ0v) is 14.5. The van der Waals surface area contributed by atoms with Gasteiger partial charge in [0.05, 0.1) is 12.4 Å². The predicted molar refractivity (Wildman–Crippen MR) is 93.2 cm³/mol. The fraction of sp³-hybridized carbons (Fsp3) is 0.412. The molecule has 24 heavy (non-hydrogen) atoms. The lowest BCUT2D eigenvalue weighted by atomic mass is 9.86. The number of sulfonamides is 1. The van der Waals surface area contributed by atoms with E-state index in [1.807, 2.05) is 6.07 Å². The van der Waals surface area contributed by atoms with Gasteiger partial charge >= 0.3 is 0 Å². The SMILES string of the molecule is CCC1(Cc2ccccc2)CCCN1c1ncc(S(N)(=O)=O)cn1. The highest BCUT2D eigenvalue weighted by molar-refractivity contribution is 7.89. The highest BCUT2D eigenvalue weighted by atomic mass is 32.2. The third-order valence-electron chi connectivity index (χ3n) is 4.82. The molecule has 1 fully saturated rings.